The van der Waals surface area contributed by atoms with Gasteiger partial charge in [-0.1, -0.05) is 0 Å². The van der Waals surface area contributed by atoms with E-state index < -0.39 is 0 Å². The summed E-state index contributed by atoms with van der Waals surface area (Å²) >= 11 is 23.0. The van der Waals surface area contributed by atoms with Gasteiger partial charge in [0, 0.05) is 39.8 Å². The molecule has 27 heavy (non-hydrogen) atoms. The molecule has 3 aliphatic rings. The van der Waals surface area contributed by atoms with E-state index in [-0.39, 0.29) is 31.1 Å². The molecule has 0 aromatic carbocycles. The van der Waals surface area contributed by atoms with Crippen LogP contribution in [0.2, 0.25) is 0 Å². The van der Waals surface area contributed by atoms with Crippen LogP contribution in [0.5, 0.6) is 0 Å². The highest BCUT2D eigenvalue weighted by Crippen LogP contribution is 2.50. The first-order valence-corrected chi connectivity index (χ1v) is 15.6. The third-order valence-electron chi connectivity index (χ3n) is 4.51. The van der Waals surface area contributed by atoms with E-state index in [0.717, 1.165) is 28.8 Å². The smallest absolute Gasteiger partial charge is 0.147 e. The van der Waals surface area contributed by atoms with E-state index >= 15 is 0 Å². The highest BCUT2D eigenvalue weighted by atomic mass is 32.2. The fraction of sp³-hybridized carbons (Fsp3) is 1.00. The second-order valence-corrected chi connectivity index (χ2v) is 15.4. The number of hydrogen-bond donors (Lipinski definition) is 3. The van der Waals surface area contributed by atoms with Crippen LogP contribution in [0.15, 0.2) is 0 Å². The van der Waals surface area contributed by atoms with Gasteiger partial charge >= 0.3 is 0 Å². The highest BCUT2D eigenvalue weighted by molar-refractivity contribution is 8.07. The molecule has 0 aromatic heterocycles. The van der Waals surface area contributed by atoms with Crippen molar-refractivity contribution in [2.75, 3.05) is 34.5 Å². The molecule has 7 atom stereocenters. The Kier molecular flexibility index (Phi) is 9.09. The van der Waals surface area contributed by atoms with Gasteiger partial charge in [0.15, 0.2) is 0 Å². The van der Waals surface area contributed by atoms with Crippen LogP contribution < -0.4 is 0 Å². The molecule has 11 heteroatoms. The van der Waals surface area contributed by atoms with Crippen LogP contribution in [0.3, 0.4) is 0 Å². The lowest BCUT2D eigenvalue weighted by Crippen LogP contribution is -2.16. The maximum absolute atomic E-state index is 5.60. The van der Waals surface area contributed by atoms with Crippen LogP contribution in [-0.2, 0) is 14.2 Å². The summed E-state index contributed by atoms with van der Waals surface area (Å²) in [6.07, 6.45) is 0. The lowest BCUT2D eigenvalue weighted by molar-refractivity contribution is 0.394. The van der Waals surface area contributed by atoms with Crippen molar-refractivity contribution in [2.45, 2.75) is 57.1 Å². The van der Waals surface area contributed by atoms with Gasteiger partial charge in [-0.2, -0.15) is 23.5 Å². The molecule has 0 radical (unpaired) electrons. The molecule has 0 aliphatic carbocycles. The molecule has 3 nitrogen and oxygen atoms in total. The average Bonchev–Trinajstić information content (AvgIpc) is 3.52. The lowest BCUT2D eigenvalue weighted by Gasteiger charge is -2.18. The number of ether oxygens (including phenoxy) is 3. The van der Waals surface area contributed by atoms with E-state index in [1.54, 1.807) is 0 Å². The standard InChI is InChI=1S/C16H28O3S8/c1-14(11(20)17-14)25-6-4-23-8-10(9-27-16(3)13(22)19-16)24-5-7-26-15(2)12(21)18-15/h10-13,20-22H,4-9H2,1-3H3. The Morgan fingerprint density at radius 2 is 1.15 bits per heavy atom. The second-order valence-electron chi connectivity index (χ2n) is 7.03. The molecule has 7 unspecified atom stereocenters. The van der Waals surface area contributed by atoms with E-state index in [9.17, 15) is 0 Å². The number of epoxide rings is 3. The van der Waals surface area contributed by atoms with Crippen LogP contribution in [0.4, 0.5) is 0 Å². The van der Waals surface area contributed by atoms with Crippen molar-refractivity contribution in [1.29, 1.82) is 0 Å². The minimum atomic E-state index is -0.0920. The first-order valence-electron chi connectivity index (χ1n) is 8.86. The van der Waals surface area contributed by atoms with Crippen molar-refractivity contribution in [1.82, 2.24) is 0 Å². The van der Waals surface area contributed by atoms with Gasteiger partial charge < -0.3 is 14.2 Å². The first kappa shape index (κ1) is 24.3. The van der Waals surface area contributed by atoms with Gasteiger partial charge in [0.05, 0.1) is 0 Å². The van der Waals surface area contributed by atoms with Crippen LogP contribution in [0.25, 0.3) is 0 Å². The summed E-state index contributed by atoms with van der Waals surface area (Å²) in [5.41, 5.74) is 0.285. The third kappa shape index (κ3) is 7.36. The van der Waals surface area contributed by atoms with Crippen LogP contribution in [-0.4, -0.2) is 70.9 Å². The monoisotopic (exact) mass is 524 g/mol. The zero-order chi connectivity index (χ0) is 19.7. The lowest BCUT2D eigenvalue weighted by atomic mass is 10.5. The van der Waals surface area contributed by atoms with Gasteiger partial charge in [0.1, 0.15) is 31.1 Å². The summed E-state index contributed by atoms with van der Waals surface area (Å²) in [5.74, 6) is 6.77. The number of thiol groups is 3. The summed E-state index contributed by atoms with van der Waals surface area (Å²) in [7, 11) is 0. The van der Waals surface area contributed by atoms with Crippen molar-refractivity contribution in [3.8, 4) is 0 Å². The average molecular weight is 525 g/mol. The first-order chi connectivity index (χ1) is 12.7. The molecule has 0 N–H and O–H groups in total. The van der Waals surface area contributed by atoms with Gasteiger partial charge in [-0.15, -0.1) is 73.2 Å². The maximum Gasteiger partial charge on any atom is 0.147 e. The molecule has 158 valence electrons. The molecule has 3 rings (SSSR count). The molecule has 3 heterocycles. The Balaban J connectivity index is 1.31. The van der Waals surface area contributed by atoms with E-state index in [2.05, 4.69) is 70.4 Å². The van der Waals surface area contributed by atoms with E-state index in [1.807, 2.05) is 47.0 Å². The largest absolute Gasteiger partial charge is 0.343 e. The molecular formula is C16H28O3S8. The predicted octanol–water partition coefficient (Wildman–Crippen LogP) is 5.03. The number of rotatable bonds is 14. The third-order valence-corrected chi connectivity index (χ3v) is 14.2. The molecule has 0 bridgehead atoms. The van der Waals surface area contributed by atoms with E-state index in [4.69, 9.17) is 14.2 Å². The molecule has 0 saturated carbocycles. The van der Waals surface area contributed by atoms with Crippen LogP contribution in [0.1, 0.15) is 20.8 Å². The topological polar surface area (TPSA) is 37.6 Å². The molecular weight excluding hydrogens is 497 g/mol. The Morgan fingerprint density at radius 3 is 1.63 bits per heavy atom. The van der Waals surface area contributed by atoms with Gasteiger partial charge in [0.25, 0.3) is 0 Å². The summed E-state index contributed by atoms with van der Waals surface area (Å²) in [4.78, 5) is -0.220. The highest BCUT2D eigenvalue weighted by Gasteiger charge is 2.52. The Hall–Kier alpha value is 2.68. The van der Waals surface area contributed by atoms with Gasteiger partial charge in [-0.25, -0.2) is 0 Å². The molecule has 0 amide bonds. The fourth-order valence-electron chi connectivity index (χ4n) is 2.26. The molecule has 3 aliphatic heterocycles. The summed E-state index contributed by atoms with van der Waals surface area (Å²) in [6.45, 7) is 6.38. The molecule has 3 saturated heterocycles. The van der Waals surface area contributed by atoms with Crippen molar-refractivity contribution >= 4 is 96.7 Å². The summed E-state index contributed by atoms with van der Waals surface area (Å²) in [6, 6.07) is 0. The van der Waals surface area contributed by atoms with Gasteiger partial charge in [-0.05, 0) is 20.8 Å². The quantitative estimate of drug-likeness (QED) is 0.166. The van der Waals surface area contributed by atoms with Crippen LogP contribution >= 0.6 is 96.7 Å². The Bertz CT molecular complexity index is 516. The minimum absolute atomic E-state index is 0.0593. The van der Waals surface area contributed by atoms with E-state index in [1.165, 1.54) is 5.75 Å². The zero-order valence-corrected chi connectivity index (χ0v) is 22.4. The predicted molar refractivity (Wildman–Crippen MR) is 138 cm³/mol. The number of thioether (sulfide) groups is 5. The minimum Gasteiger partial charge on any atom is -0.343 e. The van der Waals surface area contributed by atoms with Crippen LogP contribution in [0, 0.1) is 0 Å². The summed E-state index contributed by atoms with van der Waals surface area (Å²) < 4.78 is 16.6. The Morgan fingerprint density at radius 1 is 0.704 bits per heavy atom. The molecule has 0 aromatic rings. The van der Waals surface area contributed by atoms with Crippen molar-refractivity contribution < 1.29 is 14.2 Å². The SMILES string of the molecule is CC1(SCCSCC(CSC2(C)OC2S)SCCSC2(C)OC2S)OC1S. The van der Waals surface area contributed by atoms with Gasteiger partial charge in [0.2, 0.25) is 0 Å². The van der Waals surface area contributed by atoms with Gasteiger partial charge in [-0.3, -0.25) is 0 Å². The maximum atomic E-state index is 5.60. The summed E-state index contributed by atoms with van der Waals surface area (Å²) in [5, 5.41) is 0.622. The van der Waals surface area contributed by atoms with Crippen molar-refractivity contribution in [3.05, 3.63) is 0 Å². The van der Waals surface area contributed by atoms with Crippen molar-refractivity contribution in [2.24, 2.45) is 0 Å². The Labute approximate surface area is 201 Å². The molecule has 0 spiro atoms. The van der Waals surface area contributed by atoms with E-state index in [0.29, 0.717) is 5.25 Å². The second kappa shape index (κ2) is 10.1. The van der Waals surface area contributed by atoms with Crippen molar-refractivity contribution in [3.63, 3.8) is 0 Å². The normalized spacial score (nSPS) is 43.6. The number of hydrogen-bond acceptors (Lipinski definition) is 11. The molecule has 3 fully saturated rings. The zero-order valence-electron chi connectivity index (χ0n) is 15.7. The fourth-order valence-corrected chi connectivity index (χ4v) is 9.98.